The first-order valence-electron chi connectivity index (χ1n) is 8.26. The van der Waals surface area contributed by atoms with Gasteiger partial charge in [-0.25, -0.2) is 8.42 Å². The first-order valence-corrected chi connectivity index (χ1v) is 10.1. The summed E-state index contributed by atoms with van der Waals surface area (Å²) in [5.41, 5.74) is 0.674. The molecule has 0 bridgehead atoms. The smallest absolute Gasteiger partial charge is 0.238 e. The maximum atomic E-state index is 12.2. The lowest BCUT2D eigenvalue weighted by atomic mass is 10.2. The van der Waals surface area contributed by atoms with Crippen LogP contribution in [-0.2, 0) is 14.6 Å². The van der Waals surface area contributed by atoms with Crippen LogP contribution < -0.4 is 10.1 Å². The molecule has 1 aromatic carbocycles. The fourth-order valence-corrected chi connectivity index (χ4v) is 4.45. The predicted octanol–water partition coefficient (Wildman–Crippen LogP) is 1.92. The van der Waals surface area contributed by atoms with Gasteiger partial charge in [0.1, 0.15) is 5.75 Å². The molecule has 1 amide bonds. The van der Waals surface area contributed by atoms with Crippen molar-refractivity contribution in [2.75, 3.05) is 30.4 Å². The Bertz CT molecular complexity index is 675. The van der Waals surface area contributed by atoms with E-state index >= 15 is 0 Å². The third kappa shape index (κ3) is 5.49. The fourth-order valence-electron chi connectivity index (χ4n) is 2.64. The molecule has 0 spiro atoms. The van der Waals surface area contributed by atoms with Crippen LogP contribution >= 0.6 is 0 Å². The average molecular weight is 354 g/mol. The summed E-state index contributed by atoms with van der Waals surface area (Å²) >= 11 is 0. The van der Waals surface area contributed by atoms with Crippen LogP contribution in [0.1, 0.15) is 26.7 Å². The van der Waals surface area contributed by atoms with Crippen LogP contribution in [0.25, 0.3) is 0 Å². The van der Waals surface area contributed by atoms with Gasteiger partial charge >= 0.3 is 0 Å². The van der Waals surface area contributed by atoms with Crippen molar-refractivity contribution < 1.29 is 17.9 Å². The SMILES string of the molecule is CC[C@H](C)Oc1cccc(NC(=O)CN(C)[C@H]2CCS(=O)(=O)C2)c1. The predicted molar refractivity (Wildman–Crippen MR) is 95.1 cm³/mol. The van der Waals surface area contributed by atoms with Crippen molar-refractivity contribution in [2.24, 2.45) is 0 Å². The summed E-state index contributed by atoms with van der Waals surface area (Å²) in [7, 11) is -1.16. The summed E-state index contributed by atoms with van der Waals surface area (Å²) in [6.07, 6.45) is 1.61. The first-order chi connectivity index (χ1) is 11.3. The van der Waals surface area contributed by atoms with Gasteiger partial charge in [-0.2, -0.15) is 0 Å². The summed E-state index contributed by atoms with van der Waals surface area (Å²) < 4.78 is 28.8. The second kappa shape index (κ2) is 7.98. The van der Waals surface area contributed by atoms with Crippen LogP contribution in [0.5, 0.6) is 5.75 Å². The molecule has 2 atom stereocenters. The zero-order valence-electron chi connectivity index (χ0n) is 14.5. The molecule has 1 N–H and O–H groups in total. The Labute approximate surface area is 144 Å². The third-order valence-corrected chi connectivity index (χ3v) is 6.01. The summed E-state index contributed by atoms with van der Waals surface area (Å²) in [4.78, 5) is 14.0. The van der Waals surface area contributed by atoms with Crippen LogP contribution in [0.2, 0.25) is 0 Å². The number of ether oxygens (including phenoxy) is 1. The summed E-state index contributed by atoms with van der Waals surface area (Å²) in [6, 6.07) is 7.21. The largest absolute Gasteiger partial charge is 0.491 e. The van der Waals surface area contributed by atoms with Crippen LogP contribution in [0.3, 0.4) is 0 Å². The molecule has 0 saturated carbocycles. The highest BCUT2D eigenvalue weighted by Gasteiger charge is 2.31. The molecule has 134 valence electrons. The molecule has 1 heterocycles. The highest BCUT2D eigenvalue weighted by atomic mass is 32.2. The molecule has 1 fully saturated rings. The van der Waals surface area contributed by atoms with Crippen molar-refractivity contribution in [1.29, 1.82) is 0 Å². The van der Waals surface area contributed by atoms with Gasteiger partial charge in [0.05, 0.1) is 24.2 Å². The molecule has 0 aromatic heterocycles. The van der Waals surface area contributed by atoms with Gasteiger partial charge in [0.2, 0.25) is 5.91 Å². The average Bonchev–Trinajstić information content (AvgIpc) is 2.87. The van der Waals surface area contributed by atoms with Crippen LogP contribution in [0, 0.1) is 0 Å². The molecule has 0 unspecified atom stereocenters. The van der Waals surface area contributed by atoms with Gasteiger partial charge in [-0.15, -0.1) is 0 Å². The molecule has 0 radical (unpaired) electrons. The van der Waals surface area contributed by atoms with Crippen molar-refractivity contribution in [3.05, 3.63) is 24.3 Å². The van der Waals surface area contributed by atoms with E-state index in [1.165, 1.54) is 0 Å². The van der Waals surface area contributed by atoms with E-state index in [9.17, 15) is 13.2 Å². The Hall–Kier alpha value is -1.60. The first kappa shape index (κ1) is 18.7. The minimum Gasteiger partial charge on any atom is -0.491 e. The lowest BCUT2D eigenvalue weighted by molar-refractivity contribution is -0.117. The van der Waals surface area contributed by atoms with Crippen molar-refractivity contribution >= 4 is 21.4 Å². The van der Waals surface area contributed by atoms with E-state index in [1.54, 1.807) is 24.1 Å². The molecule has 1 saturated heterocycles. The van der Waals surface area contributed by atoms with Crippen LogP contribution in [-0.4, -0.2) is 56.5 Å². The number of amides is 1. The van der Waals surface area contributed by atoms with Crippen LogP contribution in [0.4, 0.5) is 5.69 Å². The number of carbonyl (C=O) groups excluding carboxylic acids is 1. The standard InChI is InChI=1S/C17H26N2O4S/c1-4-13(2)23-16-7-5-6-14(10-16)18-17(20)11-19(3)15-8-9-24(21,22)12-15/h5-7,10,13,15H,4,8-9,11-12H2,1-3H3,(H,18,20)/t13-,15-/m0/s1. The fraction of sp³-hybridized carbons (Fsp3) is 0.588. The molecule has 7 heteroatoms. The highest BCUT2D eigenvalue weighted by molar-refractivity contribution is 7.91. The van der Waals surface area contributed by atoms with Crippen molar-refractivity contribution in [2.45, 2.75) is 38.8 Å². The number of benzene rings is 1. The quantitative estimate of drug-likeness (QED) is 0.810. The molecule has 24 heavy (non-hydrogen) atoms. The molecule has 6 nitrogen and oxygen atoms in total. The summed E-state index contributed by atoms with van der Waals surface area (Å²) in [5, 5.41) is 2.84. The van der Waals surface area contributed by atoms with Gasteiger partial charge < -0.3 is 10.1 Å². The third-order valence-electron chi connectivity index (χ3n) is 4.25. The molecule has 1 aromatic rings. The van der Waals surface area contributed by atoms with E-state index in [1.807, 2.05) is 19.1 Å². The topological polar surface area (TPSA) is 75.7 Å². The van der Waals surface area contributed by atoms with E-state index in [0.717, 1.165) is 12.2 Å². The maximum Gasteiger partial charge on any atom is 0.238 e. The van der Waals surface area contributed by atoms with Crippen molar-refractivity contribution in [3.63, 3.8) is 0 Å². The summed E-state index contributed by atoms with van der Waals surface area (Å²) in [6.45, 7) is 4.21. The minimum atomic E-state index is -2.94. The van der Waals surface area contributed by atoms with Gasteiger partial charge in [-0.1, -0.05) is 13.0 Å². The number of rotatable bonds is 7. The second-order valence-corrected chi connectivity index (χ2v) is 8.61. The molecular weight excluding hydrogens is 328 g/mol. The van der Waals surface area contributed by atoms with E-state index in [4.69, 9.17) is 4.74 Å². The molecular formula is C17H26N2O4S. The van der Waals surface area contributed by atoms with E-state index < -0.39 is 9.84 Å². The number of hydrogen-bond acceptors (Lipinski definition) is 5. The van der Waals surface area contributed by atoms with Gasteiger partial charge in [0.15, 0.2) is 9.84 Å². The Morgan fingerprint density at radius 2 is 2.21 bits per heavy atom. The Morgan fingerprint density at radius 1 is 1.46 bits per heavy atom. The highest BCUT2D eigenvalue weighted by Crippen LogP contribution is 2.20. The van der Waals surface area contributed by atoms with E-state index in [2.05, 4.69) is 12.2 Å². The monoisotopic (exact) mass is 354 g/mol. The number of nitrogens with zero attached hydrogens (tertiary/aromatic N) is 1. The lowest BCUT2D eigenvalue weighted by Gasteiger charge is -2.22. The molecule has 2 rings (SSSR count). The number of likely N-dealkylation sites (N-methyl/N-ethyl adjacent to an activating group) is 1. The number of anilines is 1. The van der Waals surface area contributed by atoms with Crippen LogP contribution in [0.15, 0.2) is 24.3 Å². The number of sulfone groups is 1. The van der Waals surface area contributed by atoms with Gasteiger partial charge in [0, 0.05) is 17.8 Å². The Kier molecular flexibility index (Phi) is 6.23. The zero-order chi connectivity index (χ0) is 17.7. The van der Waals surface area contributed by atoms with Crippen molar-refractivity contribution in [1.82, 2.24) is 4.90 Å². The van der Waals surface area contributed by atoms with Gasteiger partial charge in [0.25, 0.3) is 0 Å². The molecule has 1 aliphatic heterocycles. The zero-order valence-corrected chi connectivity index (χ0v) is 15.3. The van der Waals surface area contributed by atoms with Crippen molar-refractivity contribution in [3.8, 4) is 5.75 Å². The number of nitrogens with one attached hydrogen (secondary N) is 1. The maximum absolute atomic E-state index is 12.2. The lowest BCUT2D eigenvalue weighted by Crippen LogP contribution is -2.38. The van der Waals surface area contributed by atoms with Gasteiger partial charge in [-0.3, -0.25) is 9.69 Å². The van der Waals surface area contributed by atoms with E-state index in [-0.39, 0.29) is 36.1 Å². The minimum absolute atomic E-state index is 0.0826. The molecule has 0 aliphatic carbocycles. The van der Waals surface area contributed by atoms with E-state index in [0.29, 0.717) is 12.1 Å². The number of carbonyl (C=O) groups is 1. The summed E-state index contributed by atoms with van der Waals surface area (Å²) in [5.74, 6) is 0.896. The normalized spacial score (nSPS) is 20.8. The molecule has 1 aliphatic rings. The Morgan fingerprint density at radius 3 is 2.83 bits per heavy atom. The van der Waals surface area contributed by atoms with Gasteiger partial charge in [-0.05, 0) is 38.9 Å². The second-order valence-electron chi connectivity index (χ2n) is 6.38. The Balaban J connectivity index is 1.89. The number of hydrogen-bond donors (Lipinski definition) is 1.